The van der Waals surface area contributed by atoms with Gasteiger partial charge in [-0.1, -0.05) is 44.2 Å². The summed E-state index contributed by atoms with van der Waals surface area (Å²) >= 11 is 0. The molecule has 18 heavy (non-hydrogen) atoms. The third-order valence-electron chi connectivity index (χ3n) is 2.77. The molecule has 1 aromatic carbocycles. The van der Waals surface area contributed by atoms with Crippen molar-refractivity contribution in [3.63, 3.8) is 0 Å². The van der Waals surface area contributed by atoms with Gasteiger partial charge in [0.2, 0.25) is 5.89 Å². The van der Waals surface area contributed by atoms with Crippen LogP contribution in [0.2, 0.25) is 0 Å². The summed E-state index contributed by atoms with van der Waals surface area (Å²) < 4.78 is 5.68. The monoisotopic (exact) mass is 244 g/mol. The van der Waals surface area contributed by atoms with Crippen molar-refractivity contribution in [1.82, 2.24) is 10.3 Å². The minimum Gasteiger partial charge on any atom is -0.444 e. The number of nitrogens with one attached hydrogen (secondary N) is 1. The van der Waals surface area contributed by atoms with Crippen molar-refractivity contribution in [2.75, 3.05) is 0 Å². The number of rotatable bonds is 6. The molecule has 0 saturated carbocycles. The molecule has 0 fully saturated rings. The molecule has 0 unspecified atom stereocenters. The molecule has 0 atom stereocenters. The molecule has 0 aliphatic carbocycles. The minimum absolute atomic E-state index is 0.449. The van der Waals surface area contributed by atoms with Crippen molar-refractivity contribution >= 4 is 0 Å². The third-order valence-corrected chi connectivity index (χ3v) is 2.77. The molecule has 0 bridgehead atoms. The standard InChI is InChI=1S/C15H20N2O/c1-12(2)16-11-15-17-10-14(18-15)9-8-13-6-4-3-5-7-13/h3-7,10,12,16H,8-9,11H2,1-2H3. The first kappa shape index (κ1) is 12.8. The largest absolute Gasteiger partial charge is 0.444 e. The van der Waals surface area contributed by atoms with E-state index in [4.69, 9.17) is 4.42 Å². The molecule has 2 aromatic rings. The van der Waals surface area contributed by atoms with E-state index in [1.54, 1.807) is 0 Å². The van der Waals surface area contributed by atoms with Crippen LogP contribution in [0, 0.1) is 0 Å². The molecule has 3 heteroatoms. The van der Waals surface area contributed by atoms with Crippen LogP contribution in [0.4, 0.5) is 0 Å². The van der Waals surface area contributed by atoms with E-state index in [9.17, 15) is 0 Å². The summed E-state index contributed by atoms with van der Waals surface area (Å²) in [5.41, 5.74) is 1.33. The van der Waals surface area contributed by atoms with E-state index >= 15 is 0 Å². The van der Waals surface area contributed by atoms with Crippen molar-refractivity contribution in [3.8, 4) is 0 Å². The van der Waals surface area contributed by atoms with E-state index in [-0.39, 0.29) is 0 Å². The summed E-state index contributed by atoms with van der Waals surface area (Å²) in [6, 6.07) is 10.9. The quantitative estimate of drug-likeness (QED) is 0.849. The topological polar surface area (TPSA) is 38.1 Å². The lowest BCUT2D eigenvalue weighted by molar-refractivity contribution is 0.424. The maximum atomic E-state index is 5.68. The summed E-state index contributed by atoms with van der Waals surface area (Å²) in [6.07, 6.45) is 3.73. The molecule has 3 nitrogen and oxygen atoms in total. The Balaban J connectivity index is 1.83. The highest BCUT2D eigenvalue weighted by Crippen LogP contribution is 2.09. The predicted molar refractivity (Wildman–Crippen MR) is 72.3 cm³/mol. The fraction of sp³-hybridized carbons (Fsp3) is 0.400. The van der Waals surface area contributed by atoms with Gasteiger partial charge in [0.05, 0.1) is 12.7 Å². The van der Waals surface area contributed by atoms with Gasteiger partial charge >= 0.3 is 0 Å². The number of oxazole rings is 1. The van der Waals surface area contributed by atoms with Gasteiger partial charge in [0.1, 0.15) is 5.76 Å². The average molecular weight is 244 g/mol. The predicted octanol–water partition coefficient (Wildman–Crippen LogP) is 2.96. The average Bonchev–Trinajstić information content (AvgIpc) is 2.83. The van der Waals surface area contributed by atoms with Crippen LogP contribution in [-0.2, 0) is 19.4 Å². The van der Waals surface area contributed by atoms with E-state index in [2.05, 4.69) is 48.4 Å². The van der Waals surface area contributed by atoms with E-state index in [1.165, 1.54) is 5.56 Å². The first-order valence-corrected chi connectivity index (χ1v) is 6.45. The van der Waals surface area contributed by atoms with Crippen LogP contribution < -0.4 is 5.32 Å². The van der Waals surface area contributed by atoms with Crippen LogP contribution >= 0.6 is 0 Å². The number of aromatic nitrogens is 1. The number of benzene rings is 1. The van der Waals surface area contributed by atoms with Crippen LogP contribution in [0.25, 0.3) is 0 Å². The van der Waals surface area contributed by atoms with E-state index in [1.807, 2.05) is 12.3 Å². The molecule has 96 valence electrons. The van der Waals surface area contributed by atoms with Crippen LogP contribution in [0.5, 0.6) is 0 Å². The molecule has 0 saturated heterocycles. The Kier molecular flexibility index (Phi) is 4.53. The third kappa shape index (κ3) is 4.00. The Bertz CT molecular complexity index is 462. The minimum atomic E-state index is 0.449. The molecule has 0 aliphatic heterocycles. The van der Waals surface area contributed by atoms with Gasteiger partial charge in [-0.2, -0.15) is 0 Å². The molecular formula is C15H20N2O. The van der Waals surface area contributed by atoms with Crippen molar-refractivity contribution < 1.29 is 4.42 Å². The van der Waals surface area contributed by atoms with Crippen LogP contribution in [-0.4, -0.2) is 11.0 Å². The van der Waals surface area contributed by atoms with Gasteiger partial charge in [0.25, 0.3) is 0 Å². The Morgan fingerprint density at radius 1 is 1.17 bits per heavy atom. The second kappa shape index (κ2) is 6.36. The van der Waals surface area contributed by atoms with Crippen LogP contribution in [0.3, 0.4) is 0 Å². The van der Waals surface area contributed by atoms with E-state index in [0.717, 1.165) is 24.5 Å². The van der Waals surface area contributed by atoms with Crippen LogP contribution in [0.15, 0.2) is 40.9 Å². The summed E-state index contributed by atoms with van der Waals surface area (Å²) in [7, 11) is 0. The summed E-state index contributed by atoms with van der Waals surface area (Å²) in [5, 5.41) is 3.29. The number of nitrogens with zero attached hydrogens (tertiary/aromatic N) is 1. The lowest BCUT2D eigenvalue weighted by atomic mass is 10.1. The van der Waals surface area contributed by atoms with Gasteiger partial charge in [-0.15, -0.1) is 0 Å². The van der Waals surface area contributed by atoms with Gasteiger partial charge < -0.3 is 9.73 Å². The normalized spacial score (nSPS) is 11.1. The first-order chi connectivity index (χ1) is 8.74. The smallest absolute Gasteiger partial charge is 0.208 e. The Morgan fingerprint density at radius 2 is 1.94 bits per heavy atom. The molecular weight excluding hydrogens is 224 g/mol. The number of hydrogen-bond acceptors (Lipinski definition) is 3. The zero-order chi connectivity index (χ0) is 12.8. The number of aryl methyl sites for hydroxylation is 2. The highest BCUT2D eigenvalue weighted by atomic mass is 16.4. The molecule has 1 N–H and O–H groups in total. The van der Waals surface area contributed by atoms with Crippen molar-refractivity contribution in [2.24, 2.45) is 0 Å². The Morgan fingerprint density at radius 3 is 2.67 bits per heavy atom. The Hall–Kier alpha value is -1.61. The van der Waals surface area contributed by atoms with Crippen molar-refractivity contribution in [1.29, 1.82) is 0 Å². The molecule has 1 heterocycles. The fourth-order valence-electron chi connectivity index (χ4n) is 1.75. The highest BCUT2D eigenvalue weighted by molar-refractivity contribution is 5.15. The van der Waals surface area contributed by atoms with Crippen molar-refractivity contribution in [2.45, 2.75) is 39.3 Å². The fourth-order valence-corrected chi connectivity index (χ4v) is 1.75. The summed E-state index contributed by atoms with van der Waals surface area (Å²) in [6.45, 7) is 4.92. The van der Waals surface area contributed by atoms with Gasteiger partial charge in [-0.05, 0) is 12.0 Å². The van der Waals surface area contributed by atoms with Gasteiger partial charge in [-0.25, -0.2) is 4.98 Å². The van der Waals surface area contributed by atoms with Gasteiger partial charge in [-0.3, -0.25) is 0 Å². The highest BCUT2D eigenvalue weighted by Gasteiger charge is 2.04. The molecule has 0 spiro atoms. The van der Waals surface area contributed by atoms with E-state index < -0.39 is 0 Å². The lowest BCUT2D eigenvalue weighted by Crippen LogP contribution is -2.21. The molecule has 2 rings (SSSR count). The second-order valence-electron chi connectivity index (χ2n) is 4.74. The SMILES string of the molecule is CC(C)NCc1ncc(CCc2ccccc2)o1. The zero-order valence-electron chi connectivity index (χ0n) is 11.0. The summed E-state index contributed by atoms with van der Waals surface area (Å²) in [5.74, 6) is 1.73. The molecule has 0 aliphatic rings. The maximum Gasteiger partial charge on any atom is 0.208 e. The first-order valence-electron chi connectivity index (χ1n) is 6.45. The van der Waals surface area contributed by atoms with Gasteiger partial charge in [0.15, 0.2) is 0 Å². The number of hydrogen-bond donors (Lipinski definition) is 1. The van der Waals surface area contributed by atoms with E-state index in [0.29, 0.717) is 12.6 Å². The molecule has 0 radical (unpaired) electrons. The van der Waals surface area contributed by atoms with Gasteiger partial charge in [0, 0.05) is 12.5 Å². The maximum absolute atomic E-state index is 5.68. The molecule has 0 amide bonds. The second-order valence-corrected chi connectivity index (χ2v) is 4.74. The van der Waals surface area contributed by atoms with Crippen molar-refractivity contribution in [3.05, 3.63) is 53.7 Å². The zero-order valence-corrected chi connectivity index (χ0v) is 11.0. The Labute approximate surface area is 108 Å². The van der Waals surface area contributed by atoms with Crippen LogP contribution in [0.1, 0.15) is 31.1 Å². The lowest BCUT2D eigenvalue weighted by Gasteiger charge is -2.04. The molecule has 1 aromatic heterocycles. The summed E-state index contributed by atoms with van der Waals surface area (Å²) in [4.78, 5) is 4.27.